The first-order valence-electron chi connectivity index (χ1n) is 4.81. The fraction of sp³-hybridized carbons (Fsp3) is 0.889. The lowest BCUT2D eigenvalue weighted by molar-refractivity contribution is 0.208. The molecule has 0 N–H and O–H groups in total. The molecule has 69 valence electrons. The van der Waals surface area contributed by atoms with Gasteiger partial charge in [0.2, 0.25) is 0 Å². The predicted octanol–water partition coefficient (Wildman–Crippen LogP) is 1.61. The van der Waals surface area contributed by atoms with Gasteiger partial charge >= 0.3 is 6.03 Å². The molecule has 3 nitrogen and oxygen atoms in total. The first-order chi connectivity index (χ1) is 5.84. The highest BCUT2D eigenvalue weighted by Gasteiger charge is 2.17. The molecule has 1 rings (SSSR count). The van der Waals surface area contributed by atoms with Crippen LogP contribution >= 0.6 is 0 Å². The zero-order chi connectivity index (χ0) is 8.81. The summed E-state index contributed by atoms with van der Waals surface area (Å²) in [7, 11) is 0. The SMILES string of the molecule is CCCC[N]C(=O)N1CCCC1. The second kappa shape index (κ2) is 5.01. The molecule has 0 aromatic carbocycles. The Morgan fingerprint density at radius 1 is 1.42 bits per heavy atom. The molecule has 1 saturated heterocycles. The topological polar surface area (TPSA) is 34.4 Å². The van der Waals surface area contributed by atoms with Gasteiger partial charge in [-0.25, -0.2) is 10.1 Å². The van der Waals surface area contributed by atoms with Crippen LogP contribution in [0.5, 0.6) is 0 Å². The van der Waals surface area contributed by atoms with Crippen molar-refractivity contribution in [2.24, 2.45) is 0 Å². The van der Waals surface area contributed by atoms with E-state index in [2.05, 4.69) is 12.2 Å². The predicted molar refractivity (Wildman–Crippen MR) is 48.1 cm³/mol. The van der Waals surface area contributed by atoms with Crippen LogP contribution in [0.4, 0.5) is 4.79 Å². The van der Waals surface area contributed by atoms with Gasteiger partial charge in [-0.3, -0.25) is 0 Å². The van der Waals surface area contributed by atoms with E-state index in [9.17, 15) is 4.79 Å². The molecule has 1 fully saturated rings. The van der Waals surface area contributed by atoms with Crippen LogP contribution in [0, 0.1) is 0 Å². The number of hydrogen-bond acceptors (Lipinski definition) is 1. The minimum absolute atomic E-state index is 0.000880. The second-order valence-corrected chi connectivity index (χ2v) is 3.21. The molecule has 2 amide bonds. The van der Waals surface area contributed by atoms with E-state index in [4.69, 9.17) is 0 Å². The molecule has 1 aliphatic rings. The number of likely N-dealkylation sites (tertiary alicyclic amines) is 1. The van der Waals surface area contributed by atoms with E-state index in [1.165, 1.54) is 0 Å². The summed E-state index contributed by atoms with van der Waals surface area (Å²) in [5.41, 5.74) is 0. The number of amides is 2. The summed E-state index contributed by atoms with van der Waals surface area (Å²) >= 11 is 0. The molecule has 0 aromatic heterocycles. The lowest BCUT2D eigenvalue weighted by atomic mass is 10.3. The Balaban J connectivity index is 2.10. The first kappa shape index (κ1) is 9.36. The van der Waals surface area contributed by atoms with Gasteiger partial charge in [-0.15, -0.1) is 0 Å². The minimum Gasteiger partial charge on any atom is -0.323 e. The van der Waals surface area contributed by atoms with Gasteiger partial charge in [-0.2, -0.15) is 0 Å². The summed E-state index contributed by atoms with van der Waals surface area (Å²) < 4.78 is 0. The van der Waals surface area contributed by atoms with Crippen molar-refractivity contribution in [1.82, 2.24) is 10.2 Å². The van der Waals surface area contributed by atoms with E-state index in [0.29, 0.717) is 6.54 Å². The summed E-state index contributed by atoms with van der Waals surface area (Å²) in [6.45, 7) is 4.63. The maximum absolute atomic E-state index is 11.3. The Kier molecular flexibility index (Phi) is 3.91. The second-order valence-electron chi connectivity index (χ2n) is 3.21. The standard InChI is InChI=1S/C9H17N2O/c1-2-3-6-10-9(12)11-7-4-5-8-11/h2-8H2,1H3. The van der Waals surface area contributed by atoms with Gasteiger partial charge in [-0.05, 0) is 19.3 Å². The third kappa shape index (κ3) is 2.72. The maximum Gasteiger partial charge on any atom is 0.338 e. The molecule has 0 atom stereocenters. The van der Waals surface area contributed by atoms with Crippen LogP contribution in [0.3, 0.4) is 0 Å². The zero-order valence-electron chi connectivity index (χ0n) is 7.75. The first-order valence-corrected chi connectivity index (χ1v) is 4.81. The zero-order valence-corrected chi connectivity index (χ0v) is 7.75. The molecule has 1 heterocycles. The van der Waals surface area contributed by atoms with E-state index >= 15 is 0 Å². The lowest BCUT2D eigenvalue weighted by Gasteiger charge is -2.13. The summed E-state index contributed by atoms with van der Waals surface area (Å²) in [5, 5.41) is 3.98. The molecule has 0 saturated carbocycles. The van der Waals surface area contributed by atoms with Gasteiger partial charge in [-0.1, -0.05) is 13.3 Å². The summed E-state index contributed by atoms with van der Waals surface area (Å²) in [6, 6.07) is 0.000880. The molecule has 0 aliphatic carbocycles. The molecular weight excluding hydrogens is 152 g/mol. The van der Waals surface area contributed by atoms with Crippen LogP contribution in [-0.4, -0.2) is 30.6 Å². The Labute approximate surface area is 74.1 Å². The Bertz CT molecular complexity index is 141. The number of unbranched alkanes of at least 4 members (excludes halogenated alkanes) is 1. The molecule has 1 aliphatic heterocycles. The smallest absolute Gasteiger partial charge is 0.323 e. The van der Waals surface area contributed by atoms with Crippen molar-refractivity contribution in [1.29, 1.82) is 0 Å². The van der Waals surface area contributed by atoms with Crippen LogP contribution in [0.2, 0.25) is 0 Å². The monoisotopic (exact) mass is 169 g/mol. The van der Waals surface area contributed by atoms with Gasteiger partial charge in [0.05, 0.1) is 0 Å². The Morgan fingerprint density at radius 2 is 2.08 bits per heavy atom. The molecule has 0 bridgehead atoms. The highest BCUT2D eigenvalue weighted by Crippen LogP contribution is 2.07. The van der Waals surface area contributed by atoms with E-state index in [1.807, 2.05) is 4.90 Å². The van der Waals surface area contributed by atoms with E-state index in [-0.39, 0.29) is 6.03 Å². The molecule has 1 radical (unpaired) electrons. The van der Waals surface area contributed by atoms with Crippen molar-refractivity contribution in [3.8, 4) is 0 Å². The molecule has 0 spiro atoms. The van der Waals surface area contributed by atoms with Gasteiger partial charge in [0.15, 0.2) is 0 Å². The average molecular weight is 169 g/mol. The number of rotatable bonds is 3. The number of nitrogens with zero attached hydrogens (tertiary/aromatic N) is 2. The van der Waals surface area contributed by atoms with Crippen LogP contribution in [0.15, 0.2) is 0 Å². The Morgan fingerprint density at radius 3 is 2.67 bits per heavy atom. The third-order valence-corrected chi connectivity index (χ3v) is 2.14. The van der Waals surface area contributed by atoms with Crippen LogP contribution < -0.4 is 5.32 Å². The van der Waals surface area contributed by atoms with Crippen LogP contribution in [-0.2, 0) is 0 Å². The van der Waals surface area contributed by atoms with Crippen molar-refractivity contribution < 1.29 is 4.79 Å². The number of hydrogen-bond donors (Lipinski definition) is 0. The minimum atomic E-state index is 0.000880. The molecule has 0 aromatic rings. The van der Waals surface area contributed by atoms with E-state index < -0.39 is 0 Å². The molecular formula is C9H17N2O. The lowest BCUT2D eigenvalue weighted by Crippen LogP contribution is -2.33. The summed E-state index contributed by atoms with van der Waals surface area (Å²) in [5.74, 6) is 0. The quantitative estimate of drug-likeness (QED) is 0.591. The summed E-state index contributed by atoms with van der Waals surface area (Å²) in [4.78, 5) is 13.1. The fourth-order valence-corrected chi connectivity index (χ4v) is 1.34. The normalized spacial score (nSPS) is 16.6. The Hall–Kier alpha value is -0.730. The van der Waals surface area contributed by atoms with Gasteiger partial charge < -0.3 is 4.90 Å². The molecule has 3 heteroatoms. The molecule has 0 unspecified atom stereocenters. The highest BCUT2D eigenvalue weighted by molar-refractivity contribution is 5.74. The third-order valence-electron chi connectivity index (χ3n) is 2.14. The van der Waals surface area contributed by atoms with E-state index in [0.717, 1.165) is 38.8 Å². The molecule has 12 heavy (non-hydrogen) atoms. The van der Waals surface area contributed by atoms with Crippen molar-refractivity contribution in [3.63, 3.8) is 0 Å². The maximum atomic E-state index is 11.3. The number of urea groups is 1. The van der Waals surface area contributed by atoms with Crippen LogP contribution in [0.1, 0.15) is 32.6 Å². The number of carbonyl (C=O) groups excluding carboxylic acids is 1. The van der Waals surface area contributed by atoms with Gasteiger partial charge in [0, 0.05) is 19.6 Å². The largest absolute Gasteiger partial charge is 0.338 e. The van der Waals surface area contributed by atoms with Crippen molar-refractivity contribution in [2.75, 3.05) is 19.6 Å². The van der Waals surface area contributed by atoms with Gasteiger partial charge in [0.25, 0.3) is 0 Å². The van der Waals surface area contributed by atoms with E-state index in [1.54, 1.807) is 0 Å². The summed E-state index contributed by atoms with van der Waals surface area (Å²) in [6.07, 6.45) is 4.43. The number of carbonyl (C=O) groups is 1. The highest BCUT2D eigenvalue weighted by atomic mass is 16.2. The van der Waals surface area contributed by atoms with Crippen molar-refractivity contribution >= 4 is 6.03 Å². The van der Waals surface area contributed by atoms with Crippen molar-refractivity contribution in [3.05, 3.63) is 0 Å². The fourth-order valence-electron chi connectivity index (χ4n) is 1.34. The average Bonchev–Trinajstić information content (AvgIpc) is 2.56. The van der Waals surface area contributed by atoms with Gasteiger partial charge in [0.1, 0.15) is 0 Å². The van der Waals surface area contributed by atoms with Crippen LogP contribution in [0.25, 0.3) is 0 Å². The van der Waals surface area contributed by atoms with Crippen molar-refractivity contribution in [2.45, 2.75) is 32.6 Å².